The van der Waals surface area contributed by atoms with E-state index in [0.29, 0.717) is 6.42 Å². The molecule has 0 unspecified atom stereocenters. The maximum Gasteiger partial charge on any atom is 0.224 e. The highest BCUT2D eigenvalue weighted by Crippen LogP contribution is 2.14. The molecule has 1 aromatic carbocycles. The Morgan fingerprint density at radius 1 is 1.11 bits per heavy atom. The molecular weight excluding hydrogens is 260 g/mol. The first-order valence-corrected chi connectivity index (χ1v) is 6.70. The van der Waals surface area contributed by atoms with Gasteiger partial charge in [-0.25, -0.2) is 0 Å². The van der Waals surface area contributed by atoms with Crippen molar-refractivity contribution in [2.24, 2.45) is 5.73 Å². The Balaban J connectivity index is 0.00000324. The largest absolute Gasteiger partial charge is 0.330 e. The SMILES string of the molecule is Cc1ccc(NC(=O)CCCCCCN)cc1C.Cl. The average Bonchev–Trinajstić information content (AvgIpc) is 2.34. The highest BCUT2D eigenvalue weighted by Gasteiger charge is 2.03. The number of aryl methyl sites for hydroxylation is 2. The minimum atomic E-state index is 0. The Morgan fingerprint density at radius 2 is 1.79 bits per heavy atom. The molecule has 0 saturated heterocycles. The minimum absolute atomic E-state index is 0. The molecule has 0 aromatic heterocycles. The van der Waals surface area contributed by atoms with Gasteiger partial charge in [0.2, 0.25) is 5.91 Å². The number of nitrogens with one attached hydrogen (secondary N) is 1. The lowest BCUT2D eigenvalue weighted by atomic mass is 10.1. The number of rotatable bonds is 7. The molecule has 108 valence electrons. The van der Waals surface area contributed by atoms with Gasteiger partial charge in [-0.15, -0.1) is 12.4 Å². The van der Waals surface area contributed by atoms with Crippen LogP contribution in [-0.4, -0.2) is 12.5 Å². The highest BCUT2D eigenvalue weighted by atomic mass is 35.5. The molecular formula is C15H25ClN2O. The van der Waals surface area contributed by atoms with Gasteiger partial charge >= 0.3 is 0 Å². The average molecular weight is 285 g/mol. The van der Waals surface area contributed by atoms with E-state index in [1.54, 1.807) is 0 Å². The van der Waals surface area contributed by atoms with Crippen molar-refractivity contribution in [1.29, 1.82) is 0 Å². The van der Waals surface area contributed by atoms with Gasteiger partial charge in [0.05, 0.1) is 0 Å². The van der Waals surface area contributed by atoms with E-state index in [1.165, 1.54) is 11.1 Å². The number of carbonyl (C=O) groups excluding carboxylic acids is 1. The Labute approximate surface area is 122 Å². The van der Waals surface area contributed by atoms with Crippen LogP contribution in [0.4, 0.5) is 5.69 Å². The van der Waals surface area contributed by atoms with Crippen molar-refractivity contribution in [2.45, 2.75) is 46.0 Å². The Hall–Kier alpha value is -1.06. The molecule has 0 aliphatic rings. The van der Waals surface area contributed by atoms with Gasteiger partial charge in [-0.3, -0.25) is 4.79 Å². The van der Waals surface area contributed by atoms with Crippen LogP contribution < -0.4 is 11.1 Å². The van der Waals surface area contributed by atoms with E-state index < -0.39 is 0 Å². The van der Waals surface area contributed by atoms with Crippen molar-refractivity contribution in [2.75, 3.05) is 11.9 Å². The molecule has 0 aliphatic carbocycles. The van der Waals surface area contributed by atoms with Crippen LogP contribution in [0.15, 0.2) is 18.2 Å². The van der Waals surface area contributed by atoms with Gasteiger partial charge in [0.25, 0.3) is 0 Å². The summed E-state index contributed by atoms with van der Waals surface area (Å²) in [6, 6.07) is 6.00. The third-order valence-corrected chi connectivity index (χ3v) is 3.15. The summed E-state index contributed by atoms with van der Waals surface area (Å²) in [5.74, 6) is 0.103. The predicted molar refractivity (Wildman–Crippen MR) is 83.9 cm³/mol. The third-order valence-electron chi connectivity index (χ3n) is 3.15. The fourth-order valence-corrected chi connectivity index (χ4v) is 1.83. The van der Waals surface area contributed by atoms with E-state index in [-0.39, 0.29) is 18.3 Å². The molecule has 0 radical (unpaired) electrons. The van der Waals surface area contributed by atoms with E-state index >= 15 is 0 Å². The summed E-state index contributed by atoms with van der Waals surface area (Å²) < 4.78 is 0. The molecule has 0 heterocycles. The maximum atomic E-state index is 11.7. The van der Waals surface area contributed by atoms with E-state index in [2.05, 4.69) is 19.2 Å². The summed E-state index contributed by atoms with van der Waals surface area (Å²) in [5, 5.41) is 2.94. The number of hydrogen-bond acceptors (Lipinski definition) is 2. The van der Waals surface area contributed by atoms with E-state index in [0.717, 1.165) is 37.9 Å². The van der Waals surface area contributed by atoms with Crippen LogP contribution in [0.5, 0.6) is 0 Å². The van der Waals surface area contributed by atoms with Crippen LogP contribution in [0.3, 0.4) is 0 Å². The Morgan fingerprint density at radius 3 is 2.42 bits per heavy atom. The second-order valence-corrected chi connectivity index (χ2v) is 4.80. The zero-order valence-corrected chi connectivity index (χ0v) is 12.7. The molecule has 3 nitrogen and oxygen atoms in total. The van der Waals surface area contributed by atoms with Crippen LogP contribution >= 0.6 is 12.4 Å². The van der Waals surface area contributed by atoms with Crippen molar-refractivity contribution >= 4 is 24.0 Å². The summed E-state index contributed by atoms with van der Waals surface area (Å²) in [5.41, 5.74) is 8.76. The van der Waals surface area contributed by atoms with Crippen LogP contribution in [-0.2, 0) is 4.79 Å². The number of unbranched alkanes of at least 4 members (excludes halogenated alkanes) is 3. The summed E-state index contributed by atoms with van der Waals surface area (Å²) >= 11 is 0. The van der Waals surface area contributed by atoms with Crippen molar-refractivity contribution in [1.82, 2.24) is 0 Å². The lowest BCUT2D eigenvalue weighted by Crippen LogP contribution is -2.11. The second-order valence-electron chi connectivity index (χ2n) is 4.80. The summed E-state index contributed by atoms with van der Waals surface area (Å²) in [4.78, 5) is 11.7. The molecule has 0 fully saturated rings. The summed E-state index contributed by atoms with van der Waals surface area (Å²) in [6.07, 6.45) is 4.79. The van der Waals surface area contributed by atoms with Crippen LogP contribution in [0.25, 0.3) is 0 Å². The van der Waals surface area contributed by atoms with Crippen LogP contribution in [0.1, 0.15) is 43.2 Å². The van der Waals surface area contributed by atoms with E-state index in [9.17, 15) is 4.79 Å². The molecule has 0 saturated carbocycles. The lowest BCUT2D eigenvalue weighted by Gasteiger charge is -2.07. The molecule has 1 rings (SSSR count). The van der Waals surface area contributed by atoms with Gasteiger partial charge < -0.3 is 11.1 Å². The standard InChI is InChI=1S/C15H24N2O.ClH/c1-12-8-9-14(11-13(12)2)17-15(18)7-5-3-4-6-10-16;/h8-9,11H,3-7,10,16H2,1-2H3,(H,17,18);1H. The van der Waals surface area contributed by atoms with Crippen molar-refractivity contribution in [3.05, 3.63) is 29.3 Å². The fraction of sp³-hybridized carbons (Fsp3) is 0.533. The second kappa shape index (κ2) is 9.82. The maximum absolute atomic E-state index is 11.7. The van der Waals surface area contributed by atoms with Crippen molar-refractivity contribution < 1.29 is 4.79 Å². The topological polar surface area (TPSA) is 55.1 Å². The normalized spacial score (nSPS) is 9.84. The van der Waals surface area contributed by atoms with Gasteiger partial charge in [0.15, 0.2) is 0 Å². The predicted octanol–water partition coefficient (Wildman–Crippen LogP) is 3.57. The highest BCUT2D eigenvalue weighted by molar-refractivity contribution is 5.90. The number of benzene rings is 1. The third kappa shape index (κ3) is 7.19. The fourth-order valence-electron chi connectivity index (χ4n) is 1.83. The lowest BCUT2D eigenvalue weighted by molar-refractivity contribution is -0.116. The Kier molecular flexibility index (Phi) is 9.27. The molecule has 0 spiro atoms. The zero-order valence-electron chi connectivity index (χ0n) is 11.9. The molecule has 0 aliphatic heterocycles. The Bertz CT molecular complexity index is 394. The first kappa shape index (κ1) is 17.9. The molecule has 0 bridgehead atoms. The van der Waals surface area contributed by atoms with Crippen LogP contribution in [0.2, 0.25) is 0 Å². The number of halogens is 1. The number of amides is 1. The van der Waals surface area contributed by atoms with Crippen LogP contribution in [0, 0.1) is 13.8 Å². The van der Waals surface area contributed by atoms with Gasteiger partial charge in [-0.1, -0.05) is 18.9 Å². The molecule has 19 heavy (non-hydrogen) atoms. The smallest absolute Gasteiger partial charge is 0.224 e. The summed E-state index contributed by atoms with van der Waals surface area (Å²) in [6.45, 7) is 4.87. The first-order chi connectivity index (χ1) is 8.63. The molecule has 0 atom stereocenters. The molecule has 4 heteroatoms. The van der Waals surface area contributed by atoms with Gasteiger partial charge in [-0.05, 0) is 56.5 Å². The number of carbonyl (C=O) groups is 1. The van der Waals surface area contributed by atoms with Gasteiger partial charge in [0.1, 0.15) is 0 Å². The number of nitrogens with two attached hydrogens (primary N) is 1. The van der Waals surface area contributed by atoms with E-state index in [1.807, 2.05) is 18.2 Å². The number of hydrogen-bond donors (Lipinski definition) is 2. The van der Waals surface area contributed by atoms with E-state index in [4.69, 9.17) is 5.73 Å². The summed E-state index contributed by atoms with van der Waals surface area (Å²) in [7, 11) is 0. The quantitative estimate of drug-likeness (QED) is 0.752. The van der Waals surface area contributed by atoms with Gasteiger partial charge in [-0.2, -0.15) is 0 Å². The van der Waals surface area contributed by atoms with Crippen molar-refractivity contribution in [3.8, 4) is 0 Å². The van der Waals surface area contributed by atoms with Gasteiger partial charge in [0, 0.05) is 12.1 Å². The molecule has 1 aromatic rings. The molecule has 1 amide bonds. The first-order valence-electron chi connectivity index (χ1n) is 6.70. The van der Waals surface area contributed by atoms with Crippen molar-refractivity contribution in [3.63, 3.8) is 0 Å². The molecule has 3 N–H and O–H groups in total. The minimum Gasteiger partial charge on any atom is -0.330 e. The zero-order chi connectivity index (χ0) is 13.4. The monoisotopic (exact) mass is 284 g/mol. The number of anilines is 1.